The van der Waals surface area contributed by atoms with Crippen LogP contribution in [0.4, 0.5) is 0 Å². The van der Waals surface area contributed by atoms with Gasteiger partial charge in [-0.1, -0.05) is 0 Å². The third-order valence-electron chi connectivity index (χ3n) is 3.19. The molecule has 18 heavy (non-hydrogen) atoms. The van der Waals surface area contributed by atoms with Crippen molar-refractivity contribution >= 4 is 11.8 Å². The maximum atomic E-state index is 12.0. The highest BCUT2D eigenvalue weighted by atomic mass is 16.5. The Hall–Kier alpha value is -2.04. The van der Waals surface area contributed by atoms with Gasteiger partial charge in [0.05, 0.1) is 25.7 Å². The molecule has 0 aliphatic heterocycles. The quantitative estimate of drug-likeness (QED) is 0.886. The lowest BCUT2D eigenvalue weighted by Gasteiger charge is -2.25. The summed E-state index contributed by atoms with van der Waals surface area (Å²) in [5.74, 6) is -0.940. The van der Waals surface area contributed by atoms with Crippen LogP contribution in [-0.2, 0) is 4.79 Å². The SMILES string of the molecule is COc1ccc(OC)c2c1C(=O)CCC2C(=O)O. The molecule has 0 amide bonds. The van der Waals surface area contributed by atoms with Crippen LogP contribution in [0.1, 0.15) is 34.7 Å². The van der Waals surface area contributed by atoms with Crippen molar-refractivity contribution in [3.8, 4) is 11.5 Å². The van der Waals surface area contributed by atoms with Crippen LogP contribution in [0.3, 0.4) is 0 Å². The summed E-state index contributed by atoms with van der Waals surface area (Å²) >= 11 is 0. The highest BCUT2D eigenvalue weighted by molar-refractivity contribution is 6.04. The maximum absolute atomic E-state index is 12.0. The zero-order valence-electron chi connectivity index (χ0n) is 10.2. The summed E-state index contributed by atoms with van der Waals surface area (Å²) in [6.45, 7) is 0. The van der Waals surface area contributed by atoms with E-state index in [9.17, 15) is 14.7 Å². The van der Waals surface area contributed by atoms with Crippen LogP contribution >= 0.6 is 0 Å². The molecule has 5 heteroatoms. The second kappa shape index (κ2) is 4.68. The number of methoxy groups -OCH3 is 2. The fourth-order valence-corrected chi connectivity index (χ4v) is 2.35. The van der Waals surface area contributed by atoms with Gasteiger partial charge in [-0.25, -0.2) is 0 Å². The molecule has 0 spiro atoms. The Bertz CT molecular complexity index is 506. The van der Waals surface area contributed by atoms with Crippen LogP contribution in [0.15, 0.2) is 12.1 Å². The van der Waals surface area contributed by atoms with Crippen LogP contribution in [0.25, 0.3) is 0 Å². The number of benzene rings is 1. The van der Waals surface area contributed by atoms with Crippen LogP contribution < -0.4 is 9.47 Å². The number of ketones is 1. The zero-order valence-corrected chi connectivity index (χ0v) is 10.2. The van der Waals surface area contributed by atoms with Gasteiger partial charge < -0.3 is 14.6 Å². The predicted molar refractivity (Wildman–Crippen MR) is 63.5 cm³/mol. The second-order valence-corrected chi connectivity index (χ2v) is 4.11. The van der Waals surface area contributed by atoms with E-state index < -0.39 is 11.9 Å². The molecule has 1 unspecified atom stereocenters. The van der Waals surface area contributed by atoms with Gasteiger partial charge in [0.1, 0.15) is 11.5 Å². The van der Waals surface area contributed by atoms with E-state index in [1.165, 1.54) is 14.2 Å². The Morgan fingerprint density at radius 1 is 1.28 bits per heavy atom. The van der Waals surface area contributed by atoms with Crippen LogP contribution in [0.5, 0.6) is 11.5 Å². The molecule has 1 aliphatic carbocycles. The number of carboxylic acid groups (broad SMARTS) is 1. The van der Waals surface area contributed by atoms with Crippen molar-refractivity contribution in [2.45, 2.75) is 18.8 Å². The molecule has 2 rings (SSSR count). The first-order valence-corrected chi connectivity index (χ1v) is 5.61. The van der Waals surface area contributed by atoms with Crippen molar-refractivity contribution in [2.24, 2.45) is 0 Å². The lowest BCUT2D eigenvalue weighted by Crippen LogP contribution is -2.23. The number of fused-ring (bicyclic) bond motifs is 1. The smallest absolute Gasteiger partial charge is 0.311 e. The number of Topliss-reactive ketones (excluding diaryl/α,β-unsaturated/α-hetero) is 1. The average Bonchev–Trinajstić information content (AvgIpc) is 2.37. The Labute approximate surface area is 104 Å². The van der Waals surface area contributed by atoms with Crippen molar-refractivity contribution in [1.29, 1.82) is 0 Å². The summed E-state index contributed by atoms with van der Waals surface area (Å²) in [4.78, 5) is 23.3. The first kappa shape index (κ1) is 12.4. The molecule has 0 heterocycles. The molecule has 0 radical (unpaired) electrons. The summed E-state index contributed by atoms with van der Waals surface area (Å²) in [7, 11) is 2.92. The predicted octanol–water partition coefficient (Wildman–Crippen LogP) is 1.85. The molecule has 0 saturated heterocycles. The van der Waals surface area contributed by atoms with Gasteiger partial charge in [0, 0.05) is 12.0 Å². The van der Waals surface area contributed by atoms with Crippen molar-refractivity contribution in [1.82, 2.24) is 0 Å². The van der Waals surface area contributed by atoms with Gasteiger partial charge in [-0.3, -0.25) is 9.59 Å². The summed E-state index contributed by atoms with van der Waals surface area (Å²) in [6.07, 6.45) is 0.512. The summed E-state index contributed by atoms with van der Waals surface area (Å²) in [6, 6.07) is 3.26. The lowest BCUT2D eigenvalue weighted by atomic mass is 9.81. The number of carbonyl (C=O) groups is 2. The average molecular weight is 250 g/mol. The lowest BCUT2D eigenvalue weighted by molar-refractivity contribution is -0.139. The van der Waals surface area contributed by atoms with Crippen LogP contribution in [0.2, 0.25) is 0 Å². The summed E-state index contributed by atoms with van der Waals surface area (Å²) < 4.78 is 10.3. The minimum Gasteiger partial charge on any atom is -0.496 e. The number of carboxylic acids is 1. The van der Waals surface area contributed by atoms with Crippen molar-refractivity contribution in [3.05, 3.63) is 23.3 Å². The monoisotopic (exact) mass is 250 g/mol. The third kappa shape index (κ3) is 1.81. The van der Waals surface area contributed by atoms with E-state index in [0.717, 1.165) is 0 Å². The van der Waals surface area contributed by atoms with Gasteiger partial charge in [0.25, 0.3) is 0 Å². The third-order valence-corrected chi connectivity index (χ3v) is 3.19. The molecule has 1 N–H and O–H groups in total. The number of rotatable bonds is 3. The highest BCUT2D eigenvalue weighted by Gasteiger charge is 2.35. The largest absolute Gasteiger partial charge is 0.496 e. The van der Waals surface area contributed by atoms with Crippen molar-refractivity contribution in [2.75, 3.05) is 14.2 Å². The van der Waals surface area contributed by atoms with E-state index in [1.807, 2.05) is 0 Å². The highest BCUT2D eigenvalue weighted by Crippen LogP contribution is 2.42. The van der Waals surface area contributed by atoms with Gasteiger partial charge in [-0.2, -0.15) is 0 Å². The number of hydrogen-bond acceptors (Lipinski definition) is 4. The molecule has 5 nitrogen and oxygen atoms in total. The van der Waals surface area contributed by atoms with Gasteiger partial charge in [0.15, 0.2) is 5.78 Å². The molecule has 1 aromatic carbocycles. The van der Waals surface area contributed by atoms with E-state index in [0.29, 0.717) is 29.0 Å². The molecule has 1 atom stereocenters. The van der Waals surface area contributed by atoms with Gasteiger partial charge >= 0.3 is 5.97 Å². The minimum absolute atomic E-state index is 0.0988. The van der Waals surface area contributed by atoms with Crippen molar-refractivity contribution < 1.29 is 24.2 Å². The Morgan fingerprint density at radius 3 is 2.44 bits per heavy atom. The molecular formula is C13H14O5. The van der Waals surface area contributed by atoms with E-state index in [4.69, 9.17) is 9.47 Å². The number of ether oxygens (including phenoxy) is 2. The number of aliphatic carboxylic acids is 1. The number of hydrogen-bond donors (Lipinski definition) is 1. The first-order chi connectivity index (χ1) is 8.60. The van der Waals surface area contributed by atoms with E-state index in [2.05, 4.69) is 0 Å². The molecule has 0 aromatic heterocycles. The minimum atomic E-state index is -0.949. The normalized spacial score (nSPS) is 18.1. The molecule has 0 saturated carbocycles. The second-order valence-electron chi connectivity index (χ2n) is 4.11. The molecule has 0 bridgehead atoms. The van der Waals surface area contributed by atoms with Crippen molar-refractivity contribution in [3.63, 3.8) is 0 Å². The first-order valence-electron chi connectivity index (χ1n) is 5.61. The summed E-state index contributed by atoms with van der Waals surface area (Å²) in [5, 5.41) is 9.25. The fraction of sp³-hybridized carbons (Fsp3) is 0.385. The standard InChI is InChI=1S/C13H14O5/c1-17-9-5-6-10(18-2)12-8(14)4-3-7(11(9)12)13(15)16/h5-7H,3-4H2,1-2H3,(H,15,16). The zero-order chi connectivity index (χ0) is 13.3. The molecule has 0 fully saturated rings. The summed E-state index contributed by atoms with van der Waals surface area (Å²) in [5.41, 5.74) is 0.774. The topological polar surface area (TPSA) is 72.8 Å². The van der Waals surface area contributed by atoms with Crippen LogP contribution in [0, 0.1) is 0 Å². The van der Waals surface area contributed by atoms with Gasteiger partial charge in [-0.15, -0.1) is 0 Å². The Balaban J connectivity index is 2.70. The molecule has 1 aliphatic rings. The van der Waals surface area contributed by atoms with Gasteiger partial charge in [0.2, 0.25) is 0 Å². The Kier molecular flexibility index (Phi) is 3.23. The molecule has 96 valence electrons. The van der Waals surface area contributed by atoms with Gasteiger partial charge in [-0.05, 0) is 18.6 Å². The molecular weight excluding hydrogens is 236 g/mol. The van der Waals surface area contributed by atoms with E-state index in [-0.39, 0.29) is 12.2 Å². The van der Waals surface area contributed by atoms with E-state index >= 15 is 0 Å². The number of carbonyl (C=O) groups excluding carboxylic acids is 1. The maximum Gasteiger partial charge on any atom is 0.311 e. The van der Waals surface area contributed by atoms with E-state index in [1.54, 1.807) is 12.1 Å². The molecule has 1 aromatic rings. The fourth-order valence-electron chi connectivity index (χ4n) is 2.35. The Morgan fingerprint density at radius 2 is 1.89 bits per heavy atom. The van der Waals surface area contributed by atoms with Crippen LogP contribution in [-0.4, -0.2) is 31.1 Å².